The molecule has 0 radical (unpaired) electrons. The van der Waals surface area contributed by atoms with Crippen LogP contribution in [0.25, 0.3) is 0 Å². The Balaban J connectivity index is 2.08. The topological polar surface area (TPSA) is 39.1 Å². The summed E-state index contributed by atoms with van der Waals surface area (Å²) in [6.45, 7) is 5.39. The molecule has 0 bridgehead atoms. The van der Waals surface area contributed by atoms with Crippen molar-refractivity contribution < 1.29 is 4.74 Å². The minimum absolute atomic E-state index is 0.413. The van der Waals surface area contributed by atoms with Crippen LogP contribution < -0.4 is 10.1 Å². The average molecular weight is 294 g/mol. The second-order valence-corrected chi connectivity index (χ2v) is 5.47. The molecular formula is C15H20ClN3O. The van der Waals surface area contributed by atoms with Gasteiger partial charge in [0.2, 0.25) is 0 Å². The standard InChI is InChI=1S/C15H20ClN3O/c1-11(2)18-9-12-8-13(16)4-5-14(12)20-10-15-17-6-7-19(15)3/h4-8,11,18H,9-10H2,1-3H3. The summed E-state index contributed by atoms with van der Waals surface area (Å²) >= 11 is 6.06. The van der Waals surface area contributed by atoms with Gasteiger partial charge in [0.15, 0.2) is 0 Å². The van der Waals surface area contributed by atoms with E-state index in [1.54, 1.807) is 6.20 Å². The first-order chi connectivity index (χ1) is 9.56. The number of imidazole rings is 1. The van der Waals surface area contributed by atoms with Crippen molar-refractivity contribution in [2.24, 2.45) is 7.05 Å². The van der Waals surface area contributed by atoms with Crippen molar-refractivity contribution in [3.8, 4) is 5.75 Å². The lowest BCUT2D eigenvalue weighted by molar-refractivity contribution is 0.288. The minimum Gasteiger partial charge on any atom is -0.485 e. The van der Waals surface area contributed by atoms with Crippen LogP contribution >= 0.6 is 11.6 Å². The second kappa shape index (κ2) is 6.77. The van der Waals surface area contributed by atoms with Gasteiger partial charge in [0.25, 0.3) is 0 Å². The molecule has 5 heteroatoms. The van der Waals surface area contributed by atoms with E-state index in [2.05, 4.69) is 24.1 Å². The zero-order valence-electron chi connectivity index (χ0n) is 12.1. The molecule has 0 spiro atoms. The van der Waals surface area contributed by atoms with E-state index >= 15 is 0 Å². The summed E-state index contributed by atoms with van der Waals surface area (Å²) in [5.74, 6) is 1.73. The number of halogens is 1. The Hall–Kier alpha value is -1.52. The molecule has 0 saturated heterocycles. The highest BCUT2D eigenvalue weighted by Crippen LogP contribution is 2.23. The molecule has 1 aromatic heterocycles. The Labute approximate surface area is 124 Å². The predicted molar refractivity (Wildman–Crippen MR) is 81.0 cm³/mol. The summed E-state index contributed by atoms with van der Waals surface area (Å²) in [6.07, 6.45) is 3.67. The summed E-state index contributed by atoms with van der Waals surface area (Å²) in [7, 11) is 1.95. The van der Waals surface area contributed by atoms with Crippen molar-refractivity contribution in [1.82, 2.24) is 14.9 Å². The molecule has 1 N–H and O–H groups in total. The maximum absolute atomic E-state index is 6.06. The van der Waals surface area contributed by atoms with E-state index in [1.807, 2.05) is 36.0 Å². The Morgan fingerprint density at radius 1 is 1.40 bits per heavy atom. The van der Waals surface area contributed by atoms with Crippen LogP contribution in [-0.4, -0.2) is 15.6 Å². The highest BCUT2D eigenvalue weighted by Gasteiger charge is 2.07. The fraction of sp³-hybridized carbons (Fsp3) is 0.400. The van der Waals surface area contributed by atoms with E-state index in [4.69, 9.17) is 16.3 Å². The molecule has 0 fully saturated rings. The van der Waals surface area contributed by atoms with Gasteiger partial charge in [0, 0.05) is 42.6 Å². The third-order valence-electron chi connectivity index (χ3n) is 3.00. The Bertz CT molecular complexity index is 566. The highest BCUT2D eigenvalue weighted by molar-refractivity contribution is 6.30. The van der Waals surface area contributed by atoms with Crippen LogP contribution in [0.15, 0.2) is 30.6 Å². The Morgan fingerprint density at radius 2 is 2.20 bits per heavy atom. The monoisotopic (exact) mass is 293 g/mol. The van der Waals surface area contributed by atoms with Crippen molar-refractivity contribution in [1.29, 1.82) is 0 Å². The van der Waals surface area contributed by atoms with E-state index in [9.17, 15) is 0 Å². The fourth-order valence-corrected chi connectivity index (χ4v) is 2.01. The number of aryl methyl sites for hydroxylation is 1. The molecule has 20 heavy (non-hydrogen) atoms. The molecule has 1 aromatic carbocycles. The lowest BCUT2D eigenvalue weighted by Gasteiger charge is -2.14. The molecule has 0 aliphatic heterocycles. The number of benzene rings is 1. The third-order valence-corrected chi connectivity index (χ3v) is 3.24. The molecule has 108 valence electrons. The lowest BCUT2D eigenvalue weighted by Crippen LogP contribution is -2.22. The molecule has 0 amide bonds. The SMILES string of the molecule is CC(C)NCc1cc(Cl)ccc1OCc1nccn1C. The van der Waals surface area contributed by atoms with E-state index in [0.717, 1.165) is 28.7 Å². The molecule has 2 rings (SSSR count). The Morgan fingerprint density at radius 3 is 2.85 bits per heavy atom. The lowest BCUT2D eigenvalue weighted by atomic mass is 10.2. The first-order valence-corrected chi connectivity index (χ1v) is 7.05. The third kappa shape index (κ3) is 3.99. The first-order valence-electron chi connectivity index (χ1n) is 6.67. The van der Waals surface area contributed by atoms with E-state index in [0.29, 0.717) is 12.6 Å². The smallest absolute Gasteiger partial charge is 0.146 e. The fourth-order valence-electron chi connectivity index (χ4n) is 1.82. The summed E-state index contributed by atoms with van der Waals surface area (Å²) in [5, 5.41) is 4.09. The van der Waals surface area contributed by atoms with Crippen molar-refractivity contribution in [3.05, 3.63) is 47.0 Å². The van der Waals surface area contributed by atoms with Crippen LogP contribution in [-0.2, 0) is 20.2 Å². The highest BCUT2D eigenvalue weighted by atomic mass is 35.5. The van der Waals surface area contributed by atoms with Gasteiger partial charge in [-0.25, -0.2) is 4.98 Å². The van der Waals surface area contributed by atoms with Gasteiger partial charge in [0.05, 0.1) is 0 Å². The van der Waals surface area contributed by atoms with Crippen LogP contribution in [0.3, 0.4) is 0 Å². The molecule has 0 aliphatic rings. The van der Waals surface area contributed by atoms with Gasteiger partial charge in [-0.15, -0.1) is 0 Å². The summed E-state index contributed by atoms with van der Waals surface area (Å²) in [5.41, 5.74) is 1.06. The quantitative estimate of drug-likeness (QED) is 0.889. The average Bonchev–Trinajstić information content (AvgIpc) is 2.81. The van der Waals surface area contributed by atoms with Crippen molar-refractivity contribution in [2.75, 3.05) is 0 Å². The van der Waals surface area contributed by atoms with Gasteiger partial charge in [-0.3, -0.25) is 0 Å². The zero-order chi connectivity index (χ0) is 14.5. The van der Waals surface area contributed by atoms with Crippen LogP contribution in [0, 0.1) is 0 Å². The second-order valence-electron chi connectivity index (χ2n) is 5.03. The number of hydrogen-bond donors (Lipinski definition) is 1. The molecule has 0 aliphatic carbocycles. The van der Waals surface area contributed by atoms with E-state index in [-0.39, 0.29) is 0 Å². The molecule has 4 nitrogen and oxygen atoms in total. The number of nitrogens with zero attached hydrogens (tertiary/aromatic N) is 2. The maximum atomic E-state index is 6.06. The van der Waals surface area contributed by atoms with Crippen LogP contribution in [0.5, 0.6) is 5.75 Å². The minimum atomic E-state index is 0.413. The largest absolute Gasteiger partial charge is 0.485 e. The van der Waals surface area contributed by atoms with Gasteiger partial charge < -0.3 is 14.6 Å². The van der Waals surface area contributed by atoms with Gasteiger partial charge in [0.1, 0.15) is 18.2 Å². The zero-order valence-corrected chi connectivity index (χ0v) is 12.8. The number of hydrogen-bond acceptors (Lipinski definition) is 3. The molecule has 0 saturated carbocycles. The van der Waals surface area contributed by atoms with E-state index in [1.165, 1.54) is 0 Å². The summed E-state index contributed by atoms with van der Waals surface area (Å²) in [6, 6.07) is 6.10. The number of rotatable bonds is 6. The van der Waals surface area contributed by atoms with Crippen LogP contribution in [0.1, 0.15) is 25.2 Å². The number of nitrogens with one attached hydrogen (secondary N) is 1. The van der Waals surface area contributed by atoms with Gasteiger partial charge in [-0.1, -0.05) is 25.4 Å². The maximum Gasteiger partial charge on any atom is 0.146 e. The predicted octanol–water partition coefficient (Wildman–Crippen LogP) is 3.15. The van der Waals surface area contributed by atoms with Crippen molar-refractivity contribution in [3.63, 3.8) is 0 Å². The molecule has 1 heterocycles. The van der Waals surface area contributed by atoms with Crippen molar-refractivity contribution in [2.45, 2.75) is 33.0 Å². The normalized spacial score (nSPS) is 11.1. The van der Waals surface area contributed by atoms with Gasteiger partial charge in [-0.2, -0.15) is 0 Å². The molecule has 0 unspecified atom stereocenters. The van der Waals surface area contributed by atoms with Gasteiger partial charge >= 0.3 is 0 Å². The number of aromatic nitrogens is 2. The van der Waals surface area contributed by atoms with Crippen LogP contribution in [0.2, 0.25) is 5.02 Å². The van der Waals surface area contributed by atoms with Crippen molar-refractivity contribution >= 4 is 11.6 Å². The van der Waals surface area contributed by atoms with Gasteiger partial charge in [-0.05, 0) is 18.2 Å². The summed E-state index contributed by atoms with van der Waals surface area (Å²) in [4.78, 5) is 4.25. The molecular weight excluding hydrogens is 274 g/mol. The Kier molecular flexibility index (Phi) is 5.04. The van der Waals surface area contributed by atoms with Crippen LogP contribution in [0.4, 0.5) is 0 Å². The first kappa shape index (κ1) is 14.9. The summed E-state index contributed by atoms with van der Waals surface area (Å²) < 4.78 is 7.81. The molecule has 2 aromatic rings. The number of ether oxygens (including phenoxy) is 1. The molecule has 0 atom stereocenters. The van der Waals surface area contributed by atoms with E-state index < -0.39 is 0 Å².